The summed E-state index contributed by atoms with van der Waals surface area (Å²) in [5, 5.41) is 7.67. The molecule has 6 atom stereocenters. The highest BCUT2D eigenvalue weighted by molar-refractivity contribution is 5.76. The molecule has 0 spiro atoms. The Kier molecular flexibility index (Phi) is 84.3. The van der Waals surface area contributed by atoms with Gasteiger partial charge in [0.2, 0.25) is 0 Å². The SMILES string of the molecule is C.C.C.C.C.C.C.C.CCC(C)(C)C(=O)OCCC(F)CF.CCC(C)(C)C(=O)OCCC(F)CF.CCC(C)C(=O)OCCC(F)CF.CCC(C)C(=O)OCCC(F)CF.CN1C=CN(F)C1.CN1C=CN(F)C1.FN1C=CNC1.FN1C=CNC1. The summed E-state index contributed by atoms with van der Waals surface area (Å²) in [6, 6.07) is 0. The Morgan fingerprint density at radius 2 is 0.693 bits per heavy atom. The summed E-state index contributed by atoms with van der Waals surface area (Å²) in [5.74, 6) is -1.72. The largest absolute Gasteiger partial charge is 0.465 e. The van der Waals surface area contributed by atoms with Crippen LogP contribution in [0.3, 0.4) is 0 Å². The summed E-state index contributed by atoms with van der Waals surface area (Å²) < 4.78 is 162. The molecule has 4 rings (SSSR count). The average Bonchev–Trinajstić information content (AvgIpc) is 4.29. The maximum absolute atomic E-state index is 12.4. The van der Waals surface area contributed by atoms with E-state index in [-0.39, 0.29) is 147 Å². The second-order valence-electron chi connectivity index (χ2n) is 19.2. The molecule has 16 nitrogen and oxygen atoms in total. The topological polar surface area (TPSA) is 149 Å². The van der Waals surface area contributed by atoms with Crippen molar-refractivity contribution in [1.29, 1.82) is 0 Å². The minimum absolute atomic E-state index is 0. The van der Waals surface area contributed by atoms with Gasteiger partial charge in [0, 0.05) is 64.6 Å². The van der Waals surface area contributed by atoms with Crippen LogP contribution in [0.2, 0.25) is 0 Å². The predicted molar refractivity (Wildman–Crippen MR) is 336 cm³/mol. The lowest BCUT2D eigenvalue weighted by Crippen LogP contribution is -2.26. The lowest BCUT2D eigenvalue weighted by molar-refractivity contribution is -0.155. The van der Waals surface area contributed by atoms with Crippen LogP contribution in [-0.4, -0.2) is 173 Å². The van der Waals surface area contributed by atoms with Crippen LogP contribution in [0.4, 0.5) is 53.0 Å². The molecule has 0 bridgehead atoms. The number of nitrogens with zero attached hydrogens (tertiary/aromatic N) is 6. The van der Waals surface area contributed by atoms with Crippen molar-refractivity contribution in [1.82, 2.24) is 40.9 Å². The van der Waals surface area contributed by atoms with Gasteiger partial charge < -0.3 is 39.4 Å². The first kappa shape index (κ1) is 110. The maximum Gasteiger partial charge on any atom is 0.311 e. The predicted octanol–water partition coefficient (Wildman–Crippen LogP) is 16.5. The van der Waals surface area contributed by atoms with Crippen molar-refractivity contribution < 1.29 is 91.2 Å². The molecule has 88 heavy (non-hydrogen) atoms. The Morgan fingerprint density at radius 1 is 0.443 bits per heavy atom. The Balaban J connectivity index is -0.0000000753. The molecule has 0 radical (unpaired) electrons. The first-order valence-electron chi connectivity index (χ1n) is 26.2. The van der Waals surface area contributed by atoms with Gasteiger partial charge in [0.25, 0.3) is 0 Å². The summed E-state index contributed by atoms with van der Waals surface area (Å²) in [6.45, 7) is 15.1. The molecular weight excluding hydrogens is 1190 g/mol. The molecule has 0 aliphatic carbocycles. The first-order valence-corrected chi connectivity index (χ1v) is 26.2. The van der Waals surface area contributed by atoms with Crippen molar-refractivity contribution in [2.24, 2.45) is 22.7 Å². The smallest absolute Gasteiger partial charge is 0.311 e. The third kappa shape index (κ3) is 64.9. The molecule has 4 aliphatic rings. The molecule has 0 fully saturated rings. The van der Waals surface area contributed by atoms with Crippen LogP contribution < -0.4 is 10.6 Å². The van der Waals surface area contributed by atoms with E-state index in [1.54, 1.807) is 76.1 Å². The van der Waals surface area contributed by atoms with Crippen molar-refractivity contribution >= 4 is 23.9 Å². The monoisotopic (exact) mass is 1310 g/mol. The normalized spacial score (nSPS) is 14.4. The molecule has 4 heterocycles. The number of nitrogens with one attached hydrogen (secondary N) is 2. The van der Waals surface area contributed by atoms with Gasteiger partial charge in [-0.3, -0.25) is 19.2 Å². The summed E-state index contributed by atoms with van der Waals surface area (Å²) >= 11 is 0. The van der Waals surface area contributed by atoms with Gasteiger partial charge in [0.05, 0.1) is 73.9 Å². The van der Waals surface area contributed by atoms with Crippen molar-refractivity contribution in [3.05, 3.63) is 49.6 Å². The standard InChI is InChI=1S/2C10H18F2O2.2C9H16F2O2.2C4H7FN2.2C3H5FN2.8CH4/c2*1-4-10(2,3)9(13)14-6-5-8(12)7-11;2*1-3-7(2)9(12)13-5-4-8(11)6-10;2*1-6-2-3-7(5)4-6;2*4-6-2-1-5-3-6;;;;;;;;/h2*8H,4-7H2,1-3H3;2*7-8H,3-6H2,1-2H3;2*2-3H,4H2,1H3;2*1-2,5H,3H2;8*1H4. The molecule has 0 amide bonds. The molecule has 28 heteroatoms. The summed E-state index contributed by atoms with van der Waals surface area (Å²) in [5.41, 5.74) is -1.08. The molecular formula is C60H124F12N8O8. The molecule has 4 aliphatic heterocycles. The second-order valence-corrected chi connectivity index (χ2v) is 19.2. The number of rotatable bonds is 24. The summed E-state index contributed by atoms with van der Waals surface area (Å²) in [6.07, 6.45) is 8.32. The molecule has 6 unspecified atom stereocenters. The molecule has 0 saturated heterocycles. The van der Waals surface area contributed by atoms with E-state index in [0.717, 1.165) is 0 Å². The fourth-order valence-electron chi connectivity index (χ4n) is 4.38. The Morgan fingerprint density at radius 3 is 0.830 bits per heavy atom. The lowest BCUT2D eigenvalue weighted by Gasteiger charge is -2.20. The van der Waals surface area contributed by atoms with Crippen LogP contribution in [0.5, 0.6) is 0 Å². The van der Waals surface area contributed by atoms with Gasteiger partial charge in [-0.15, -0.1) is 0 Å². The number of hydrogen-bond acceptors (Lipinski definition) is 16. The number of carbonyl (C=O) groups is 4. The molecule has 0 aromatic carbocycles. The number of ether oxygens (including phenoxy) is 4. The van der Waals surface area contributed by atoms with E-state index in [9.17, 15) is 72.2 Å². The van der Waals surface area contributed by atoms with Gasteiger partial charge in [-0.2, -0.15) is 20.5 Å². The van der Waals surface area contributed by atoms with Crippen LogP contribution in [-0.2, 0) is 38.1 Å². The van der Waals surface area contributed by atoms with Gasteiger partial charge in [0.1, 0.15) is 78.1 Å². The minimum Gasteiger partial charge on any atom is -0.465 e. The van der Waals surface area contributed by atoms with E-state index >= 15 is 0 Å². The lowest BCUT2D eigenvalue weighted by atomic mass is 9.91. The van der Waals surface area contributed by atoms with Crippen molar-refractivity contribution in [2.45, 2.75) is 205 Å². The highest BCUT2D eigenvalue weighted by Crippen LogP contribution is 2.22. The summed E-state index contributed by atoms with van der Waals surface area (Å²) in [7, 11) is 3.63. The Hall–Kier alpha value is -5.60. The average molecular weight is 1310 g/mol. The van der Waals surface area contributed by atoms with E-state index in [2.05, 4.69) is 10.6 Å². The minimum atomic E-state index is -1.52. The maximum atomic E-state index is 12.4. The van der Waals surface area contributed by atoms with Crippen LogP contribution >= 0.6 is 0 Å². The molecule has 536 valence electrons. The Bertz CT molecular complexity index is 1570. The van der Waals surface area contributed by atoms with Crippen LogP contribution in [0, 0.1) is 22.7 Å². The van der Waals surface area contributed by atoms with Crippen LogP contribution in [0.25, 0.3) is 0 Å². The third-order valence-electron chi connectivity index (χ3n) is 11.1. The fraction of sp³-hybridized carbons (Fsp3) is 0.800. The number of carbonyl (C=O) groups excluding carboxylic acids is 4. The van der Waals surface area contributed by atoms with E-state index < -0.39 is 62.2 Å². The molecule has 0 aromatic heterocycles. The van der Waals surface area contributed by atoms with Crippen molar-refractivity contribution in [3.63, 3.8) is 0 Å². The fourth-order valence-corrected chi connectivity index (χ4v) is 4.38. The molecule has 0 aromatic rings. The van der Waals surface area contributed by atoms with Gasteiger partial charge >= 0.3 is 23.9 Å². The first-order chi connectivity index (χ1) is 37.5. The van der Waals surface area contributed by atoms with Crippen LogP contribution in [0.15, 0.2) is 49.6 Å². The summed E-state index contributed by atoms with van der Waals surface area (Å²) in [4.78, 5) is 48.2. The van der Waals surface area contributed by atoms with E-state index in [1.807, 2.05) is 41.8 Å². The van der Waals surface area contributed by atoms with Gasteiger partial charge in [-0.25, -0.2) is 35.1 Å². The third-order valence-corrected chi connectivity index (χ3v) is 11.1. The van der Waals surface area contributed by atoms with E-state index in [1.165, 1.54) is 24.8 Å². The van der Waals surface area contributed by atoms with Gasteiger partial charge in [-0.05, 0) is 53.4 Å². The molecule has 2 N–H and O–H groups in total. The molecule has 0 saturated carbocycles. The number of esters is 4. The quantitative estimate of drug-likeness (QED) is 0.0408. The number of halogens is 12. The number of hydrogen-bond donors (Lipinski definition) is 2. The van der Waals surface area contributed by atoms with Crippen molar-refractivity contribution in [3.8, 4) is 0 Å². The number of alkyl halides is 8. The van der Waals surface area contributed by atoms with Crippen molar-refractivity contribution in [2.75, 3.05) is 93.9 Å². The zero-order chi connectivity index (χ0) is 62.3. The van der Waals surface area contributed by atoms with Crippen LogP contribution in [0.1, 0.15) is 180 Å². The van der Waals surface area contributed by atoms with Gasteiger partial charge in [0.15, 0.2) is 0 Å². The van der Waals surface area contributed by atoms with E-state index in [0.29, 0.717) is 72.8 Å². The highest BCUT2D eigenvalue weighted by atomic mass is 19.2. The zero-order valence-corrected chi connectivity index (χ0v) is 48.7. The highest BCUT2D eigenvalue weighted by Gasteiger charge is 2.28. The Labute approximate surface area is 525 Å². The second kappa shape index (κ2) is 67.3. The zero-order valence-electron chi connectivity index (χ0n) is 48.7. The van der Waals surface area contributed by atoms with Gasteiger partial charge in [-0.1, -0.05) is 119 Å². The van der Waals surface area contributed by atoms with E-state index in [4.69, 9.17) is 18.9 Å².